The predicted molar refractivity (Wildman–Crippen MR) is 88.6 cm³/mol. The van der Waals surface area contributed by atoms with Gasteiger partial charge < -0.3 is 19.7 Å². The van der Waals surface area contributed by atoms with E-state index in [1.54, 1.807) is 26.8 Å². The van der Waals surface area contributed by atoms with Gasteiger partial charge in [0.15, 0.2) is 0 Å². The van der Waals surface area contributed by atoms with Gasteiger partial charge in [-0.05, 0) is 12.1 Å². The fraction of sp³-hybridized carbons (Fsp3) is 0.562. The third-order valence-electron chi connectivity index (χ3n) is 4.02. The molecule has 1 aromatic rings. The van der Waals surface area contributed by atoms with Crippen LogP contribution < -0.4 is 0 Å². The molecule has 0 saturated carbocycles. The normalized spacial score (nSPS) is 18.0. The highest BCUT2D eigenvalue weighted by Crippen LogP contribution is 2.14. The first-order valence-electron chi connectivity index (χ1n) is 8.22. The van der Waals surface area contributed by atoms with E-state index in [2.05, 4.69) is 0 Å². The first kappa shape index (κ1) is 19.9. The number of hydrogen-bond donors (Lipinski definition) is 3. The van der Waals surface area contributed by atoms with E-state index in [4.69, 9.17) is 19.7 Å². The van der Waals surface area contributed by atoms with Crippen molar-refractivity contribution < 1.29 is 34.1 Å². The summed E-state index contributed by atoms with van der Waals surface area (Å²) in [5, 5.41) is 27.2. The number of rotatable bonds is 6. The van der Waals surface area contributed by atoms with Crippen molar-refractivity contribution in [2.75, 3.05) is 45.8 Å². The molecule has 0 atom stereocenters. The van der Waals surface area contributed by atoms with Crippen LogP contribution in [0.3, 0.4) is 0 Å². The summed E-state index contributed by atoms with van der Waals surface area (Å²) < 4.78 is 5.69. The minimum atomic E-state index is -0.986. The number of carbonyl (C=O) groups is 3. The summed E-state index contributed by atoms with van der Waals surface area (Å²) >= 11 is 0. The molecule has 10 heteroatoms. The van der Waals surface area contributed by atoms with Crippen molar-refractivity contribution in [1.82, 2.24) is 14.7 Å². The highest BCUT2D eigenvalue weighted by atomic mass is 16.4. The third-order valence-corrected chi connectivity index (χ3v) is 4.02. The number of hydrogen-bond acceptors (Lipinski definition) is 7. The van der Waals surface area contributed by atoms with E-state index in [9.17, 15) is 14.4 Å². The predicted octanol–water partition coefficient (Wildman–Crippen LogP) is -0.547. The smallest absolute Gasteiger partial charge is 0.317 e. The second-order valence-corrected chi connectivity index (χ2v) is 6.25. The molecule has 0 aliphatic carbocycles. The van der Waals surface area contributed by atoms with E-state index in [1.807, 2.05) is 0 Å². The van der Waals surface area contributed by atoms with Gasteiger partial charge in [-0.2, -0.15) is 0 Å². The molecular formula is C16H23N3O7. The van der Waals surface area contributed by atoms with Gasteiger partial charge in [-0.3, -0.25) is 29.1 Å². The van der Waals surface area contributed by atoms with Crippen LogP contribution in [0.4, 0.5) is 0 Å². The van der Waals surface area contributed by atoms with Crippen LogP contribution in [0.2, 0.25) is 0 Å². The van der Waals surface area contributed by atoms with Crippen LogP contribution in [0.5, 0.6) is 0 Å². The van der Waals surface area contributed by atoms with Crippen LogP contribution in [0.15, 0.2) is 16.5 Å². The highest BCUT2D eigenvalue weighted by molar-refractivity contribution is 5.69. The summed E-state index contributed by atoms with van der Waals surface area (Å²) in [6, 6.07) is 3.49. The van der Waals surface area contributed by atoms with Gasteiger partial charge in [0.1, 0.15) is 11.5 Å². The molecule has 1 aromatic heterocycles. The summed E-state index contributed by atoms with van der Waals surface area (Å²) in [6.07, 6.45) is 0. The molecule has 0 aromatic carbocycles. The van der Waals surface area contributed by atoms with E-state index in [0.29, 0.717) is 37.7 Å². The molecule has 0 amide bonds. The maximum Gasteiger partial charge on any atom is 0.317 e. The van der Waals surface area contributed by atoms with Crippen molar-refractivity contribution in [3.63, 3.8) is 0 Å². The van der Waals surface area contributed by atoms with Crippen molar-refractivity contribution in [3.8, 4) is 0 Å². The second kappa shape index (κ2) is 9.32. The average Bonchev–Trinajstić information content (AvgIpc) is 2.94. The monoisotopic (exact) mass is 369 g/mol. The zero-order chi connectivity index (χ0) is 19.1. The number of nitrogens with zero attached hydrogens (tertiary/aromatic N) is 3. The van der Waals surface area contributed by atoms with E-state index >= 15 is 0 Å². The Bertz CT molecular complexity index is 601. The summed E-state index contributed by atoms with van der Waals surface area (Å²) in [5.41, 5.74) is 0. The Kier molecular flexibility index (Phi) is 7.13. The topological polar surface area (TPSA) is 135 Å². The first-order valence-corrected chi connectivity index (χ1v) is 8.22. The van der Waals surface area contributed by atoms with Crippen molar-refractivity contribution in [3.05, 3.63) is 23.7 Å². The molecule has 26 heavy (non-hydrogen) atoms. The number of furan rings is 1. The quantitative estimate of drug-likeness (QED) is 0.599. The summed E-state index contributed by atoms with van der Waals surface area (Å²) in [5.74, 6) is -1.76. The molecule has 1 aliphatic heterocycles. The number of carboxylic acids is 3. The largest absolute Gasteiger partial charge is 0.480 e. The molecule has 144 valence electrons. The van der Waals surface area contributed by atoms with Crippen LogP contribution in [-0.4, -0.2) is 93.7 Å². The molecule has 10 nitrogen and oxygen atoms in total. The van der Waals surface area contributed by atoms with Crippen molar-refractivity contribution in [2.24, 2.45) is 0 Å². The zero-order valence-electron chi connectivity index (χ0n) is 14.3. The molecular weight excluding hydrogens is 346 g/mol. The fourth-order valence-electron chi connectivity index (χ4n) is 2.87. The Morgan fingerprint density at radius 3 is 1.46 bits per heavy atom. The van der Waals surface area contributed by atoms with Crippen LogP contribution in [0.1, 0.15) is 11.5 Å². The fourth-order valence-corrected chi connectivity index (χ4v) is 2.87. The Labute approximate surface area is 150 Å². The minimum absolute atomic E-state index is 0.178. The van der Waals surface area contributed by atoms with Crippen molar-refractivity contribution in [2.45, 2.75) is 13.1 Å². The molecule has 2 rings (SSSR count). The number of aliphatic carboxylic acids is 3. The van der Waals surface area contributed by atoms with Gasteiger partial charge >= 0.3 is 17.9 Å². The summed E-state index contributed by atoms with van der Waals surface area (Å²) in [7, 11) is 0. The third kappa shape index (κ3) is 6.82. The maximum atomic E-state index is 11.1. The van der Waals surface area contributed by atoms with Gasteiger partial charge in [0.05, 0.1) is 32.7 Å². The van der Waals surface area contributed by atoms with Crippen LogP contribution in [0.25, 0.3) is 0 Å². The van der Waals surface area contributed by atoms with Gasteiger partial charge in [-0.1, -0.05) is 0 Å². The highest BCUT2D eigenvalue weighted by Gasteiger charge is 2.20. The van der Waals surface area contributed by atoms with E-state index in [0.717, 1.165) is 0 Å². The first-order chi connectivity index (χ1) is 12.3. The molecule has 0 radical (unpaired) electrons. The van der Waals surface area contributed by atoms with Gasteiger partial charge in [0.2, 0.25) is 0 Å². The Morgan fingerprint density at radius 1 is 0.731 bits per heavy atom. The standard InChI is InChI=1S/C16H23N3O7/c20-14(21)9-17-3-5-18(10-15(22)23)7-12-1-2-13(26-12)8-19(6-4-17)11-16(24)25/h1-2H,3-11H2,(H,20,21)(H,22,23)(H,24,25). The molecule has 2 heterocycles. The van der Waals surface area contributed by atoms with E-state index in [-0.39, 0.29) is 32.7 Å². The number of fused-ring (bicyclic) bond motifs is 2. The average molecular weight is 369 g/mol. The second-order valence-electron chi connectivity index (χ2n) is 6.25. The summed E-state index contributed by atoms with van der Waals surface area (Å²) in [6.45, 7) is 1.44. The molecule has 3 N–H and O–H groups in total. The lowest BCUT2D eigenvalue weighted by Crippen LogP contribution is -2.43. The van der Waals surface area contributed by atoms with E-state index in [1.165, 1.54) is 0 Å². The summed E-state index contributed by atoms with van der Waals surface area (Å²) in [4.78, 5) is 38.2. The molecule has 0 spiro atoms. The van der Waals surface area contributed by atoms with Crippen LogP contribution >= 0.6 is 0 Å². The van der Waals surface area contributed by atoms with Gasteiger partial charge in [-0.15, -0.1) is 0 Å². The lowest BCUT2D eigenvalue weighted by molar-refractivity contribution is -0.140. The zero-order valence-corrected chi connectivity index (χ0v) is 14.3. The van der Waals surface area contributed by atoms with Crippen LogP contribution in [-0.2, 0) is 27.5 Å². The van der Waals surface area contributed by atoms with Crippen molar-refractivity contribution >= 4 is 17.9 Å². The Morgan fingerprint density at radius 2 is 1.08 bits per heavy atom. The Balaban J connectivity index is 2.18. The minimum Gasteiger partial charge on any atom is -0.480 e. The van der Waals surface area contributed by atoms with Gasteiger partial charge in [0, 0.05) is 26.2 Å². The SMILES string of the molecule is O=C(O)CN1CCN(CC(=O)O)Cc2ccc(o2)CN(CC(=O)O)CC1. The van der Waals surface area contributed by atoms with Gasteiger partial charge in [-0.25, -0.2) is 0 Å². The lowest BCUT2D eigenvalue weighted by Gasteiger charge is -2.28. The molecule has 0 saturated heterocycles. The maximum absolute atomic E-state index is 11.1. The van der Waals surface area contributed by atoms with E-state index < -0.39 is 17.9 Å². The van der Waals surface area contributed by atoms with Crippen molar-refractivity contribution in [1.29, 1.82) is 0 Å². The molecule has 0 unspecified atom stereocenters. The molecule has 0 fully saturated rings. The molecule has 1 aliphatic rings. The Hall–Kier alpha value is -2.43. The lowest BCUT2D eigenvalue weighted by atomic mass is 10.3. The molecule has 2 bridgehead atoms. The van der Waals surface area contributed by atoms with Gasteiger partial charge in [0.25, 0.3) is 0 Å². The number of carboxylic acid groups (broad SMARTS) is 3. The van der Waals surface area contributed by atoms with Crippen LogP contribution in [0, 0.1) is 0 Å².